The molecule has 3 aromatic rings. The standard InChI is InChI=1S/C17H18FN5S/c18-15-4-1-3-14-16(15)19-11-20-17(14)23-6-2-5-22(7-8-23)9-13-10-24-12-21-13/h1,3-4,10-12H,2,5-9H2. The van der Waals surface area contributed by atoms with Crippen LogP contribution in [0.1, 0.15) is 12.1 Å². The van der Waals surface area contributed by atoms with Gasteiger partial charge < -0.3 is 4.90 Å². The van der Waals surface area contributed by atoms with Gasteiger partial charge in [0.15, 0.2) is 0 Å². The number of halogens is 1. The predicted octanol–water partition coefficient (Wildman–Crippen LogP) is 2.94. The lowest BCUT2D eigenvalue weighted by Gasteiger charge is -2.23. The third-order valence-corrected chi connectivity index (χ3v) is 4.99. The molecule has 0 atom stereocenters. The highest BCUT2D eigenvalue weighted by molar-refractivity contribution is 7.07. The Hall–Kier alpha value is -2.12. The molecule has 1 aliphatic heterocycles. The molecule has 0 unspecified atom stereocenters. The first-order chi connectivity index (χ1) is 11.8. The van der Waals surface area contributed by atoms with Crippen LogP contribution >= 0.6 is 11.3 Å². The number of para-hydroxylation sites is 1. The van der Waals surface area contributed by atoms with Gasteiger partial charge in [-0.25, -0.2) is 19.3 Å². The Kier molecular flexibility index (Phi) is 4.36. The Morgan fingerprint density at radius 1 is 1.08 bits per heavy atom. The van der Waals surface area contributed by atoms with E-state index in [1.165, 1.54) is 12.4 Å². The maximum absolute atomic E-state index is 14.0. The van der Waals surface area contributed by atoms with Crippen molar-refractivity contribution in [3.8, 4) is 0 Å². The number of aromatic nitrogens is 3. The Bertz CT molecular complexity index is 823. The molecule has 1 fully saturated rings. The second-order valence-electron chi connectivity index (χ2n) is 5.93. The van der Waals surface area contributed by atoms with Crippen molar-refractivity contribution in [2.24, 2.45) is 0 Å². The summed E-state index contributed by atoms with van der Waals surface area (Å²) in [5.41, 5.74) is 3.40. The van der Waals surface area contributed by atoms with E-state index >= 15 is 0 Å². The predicted molar refractivity (Wildman–Crippen MR) is 93.7 cm³/mol. The minimum Gasteiger partial charge on any atom is -0.355 e. The second-order valence-corrected chi connectivity index (χ2v) is 6.65. The number of fused-ring (bicyclic) bond motifs is 1. The third kappa shape index (κ3) is 3.09. The van der Waals surface area contributed by atoms with Crippen molar-refractivity contribution in [1.29, 1.82) is 0 Å². The van der Waals surface area contributed by atoms with Crippen LogP contribution in [0.15, 0.2) is 35.4 Å². The number of benzene rings is 1. The van der Waals surface area contributed by atoms with E-state index in [2.05, 4.69) is 30.1 Å². The lowest BCUT2D eigenvalue weighted by atomic mass is 10.2. The van der Waals surface area contributed by atoms with Crippen molar-refractivity contribution in [3.63, 3.8) is 0 Å². The Balaban J connectivity index is 1.54. The zero-order chi connectivity index (χ0) is 16.4. The molecule has 0 N–H and O–H groups in total. The van der Waals surface area contributed by atoms with Gasteiger partial charge in [-0.3, -0.25) is 4.90 Å². The monoisotopic (exact) mass is 343 g/mol. The number of rotatable bonds is 3. The molecule has 1 saturated heterocycles. The maximum atomic E-state index is 14.0. The third-order valence-electron chi connectivity index (χ3n) is 4.35. The molecule has 0 radical (unpaired) electrons. The molecule has 0 bridgehead atoms. The van der Waals surface area contributed by atoms with Crippen molar-refractivity contribution >= 4 is 28.1 Å². The Morgan fingerprint density at radius 2 is 2.04 bits per heavy atom. The topological polar surface area (TPSA) is 45.2 Å². The molecule has 0 aliphatic carbocycles. The molecule has 1 aromatic carbocycles. The summed E-state index contributed by atoms with van der Waals surface area (Å²) in [6.45, 7) is 4.64. The van der Waals surface area contributed by atoms with Gasteiger partial charge in [0.25, 0.3) is 0 Å². The molecule has 3 heterocycles. The van der Waals surface area contributed by atoms with Crippen LogP contribution in [0.4, 0.5) is 10.2 Å². The fourth-order valence-corrected chi connectivity index (χ4v) is 3.72. The van der Waals surface area contributed by atoms with Gasteiger partial charge in [0.1, 0.15) is 23.5 Å². The first kappa shape index (κ1) is 15.4. The molecule has 5 nitrogen and oxygen atoms in total. The summed E-state index contributed by atoms with van der Waals surface area (Å²) >= 11 is 1.63. The normalized spacial score (nSPS) is 16.5. The van der Waals surface area contributed by atoms with Crippen LogP contribution in [0.25, 0.3) is 10.9 Å². The molecule has 4 rings (SSSR count). The number of nitrogens with zero attached hydrogens (tertiary/aromatic N) is 5. The van der Waals surface area contributed by atoms with E-state index in [1.54, 1.807) is 17.4 Å². The molecule has 24 heavy (non-hydrogen) atoms. The van der Waals surface area contributed by atoms with Crippen molar-refractivity contribution in [3.05, 3.63) is 46.9 Å². The van der Waals surface area contributed by atoms with E-state index in [-0.39, 0.29) is 5.82 Å². The Morgan fingerprint density at radius 3 is 2.92 bits per heavy atom. The highest BCUT2D eigenvalue weighted by atomic mass is 32.1. The lowest BCUT2D eigenvalue weighted by Crippen LogP contribution is -2.31. The van der Waals surface area contributed by atoms with Gasteiger partial charge in [-0.1, -0.05) is 6.07 Å². The molecule has 7 heteroatoms. The summed E-state index contributed by atoms with van der Waals surface area (Å²) in [6, 6.07) is 5.06. The van der Waals surface area contributed by atoms with Crippen LogP contribution in [0.3, 0.4) is 0 Å². The average molecular weight is 343 g/mol. The van der Waals surface area contributed by atoms with Gasteiger partial charge in [0.05, 0.1) is 11.2 Å². The Labute approximate surface area is 143 Å². The minimum atomic E-state index is -0.295. The number of anilines is 1. The van der Waals surface area contributed by atoms with Gasteiger partial charge in [0.2, 0.25) is 0 Å². The fourth-order valence-electron chi connectivity index (χ4n) is 3.18. The molecular formula is C17H18FN5S. The van der Waals surface area contributed by atoms with Crippen molar-refractivity contribution < 1.29 is 4.39 Å². The first-order valence-corrected chi connectivity index (χ1v) is 8.99. The molecule has 124 valence electrons. The molecule has 0 amide bonds. The number of thiazole rings is 1. The molecule has 0 saturated carbocycles. The zero-order valence-corrected chi connectivity index (χ0v) is 14.0. The lowest BCUT2D eigenvalue weighted by molar-refractivity contribution is 0.282. The smallest absolute Gasteiger partial charge is 0.149 e. The van der Waals surface area contributed by atoms with Crippen molar-refractivity contribution in [1.82, 2.24) is 19.9 Å². The maximum Gasteiger partial charge on any atom is 0.149 e. The largest absolute Gasteiger partial charge is 0.355 e. The summed E-state index contributed by atoms with van der Waals surface area (Å²) in [6.07, 6.45) is 2.50. The summed E-state index contributed by atoms with van der Waals surface area (Å²) in [5, 5.41) is 2.88. The first-order valence-electron chi connectivity index (χ1n) is 8.05. The molecule has 0 spiro atoms. The van der Waals surface area contributed by atoms with E-state index in [1.807, 2.05) is 11.6 Å². The van der Waals surface area contributed by atoms with E-state index < -0.39 is 0 Å². The van der Waals surface area contributed by atoms with Crippen molar-refractivity contribution in [2.75, 3.05) is 31.1 Å². The number of hydrogen-bond acceptors (Lipinski definition) is 6. The number of hydrogen-bond donors (Lipinski definition) is 0. The summed E-state index contributed by atoms with van der Waals surface area (Å²) in [4.78, 5) is 17.6. The fraction of sp³-hybridized carbons (Fsp3) is 0.353. The highest BCUT2D eigenvalue weighted by Gasteiger charge is 2.19. The average Bonchev–Trinajstić information content (AvgIpc) is 3.00. The van der Waals surface area contributed by atoms with Gasteiger partial charge in [0, 0.05) is 43.5 Å². The summed E-state index contributed by atoms with van der Waals surface area (Å²) in [5.74, 6) is 0.533. The second kappa shape index (κ2) is 6.78. The van der Waals surface area contributed by atoms with Gasteiger partial charge in [-0.2, -0.15) is 0 Å². The van der Waals surface area contributed by atoms with Gasteiger partial charge in [-0.05, 0) is 18.6 Å². The summed E-state index contributed by atoms with van der Waals surface area (Å²) < 4.78 is 14.0. The van der Waals surface area contributed by atoms with Crippen LogP contribution in [0.5, 0.6) is 0 Å². The van der Waals surface area contributed by atoms with Gasteiger partial charge >= 0.3 is 0 Å². The quantitative estimate of drug-likeness (QED) is 0.732. The van der Waals surface area contributed by atoms with E-state index in [9.17, 15) is 4.39 Å². The van der Waals surface area contributed by atoms with Crippen LogP contribution in [-0.4, -0.2) is 46.0 Å². The molecular weight excluding hydrogens is 325 g/mol. The zero-order valence-electron chi connectivity index (χ0n) is 13.2. The van der Waals surface area contributed by atoms with Crippen molar-refractivity contribution in [2.45, 2.75) is 13.0 Å². The van der Waals surface area contributed by atoms with Crippen LogP contribution < -0.4 is 4.90 Å². The van der Waals surface area contributed by atoms with Crippen LogP contribution in [-0.2, 0) is 6.54 Å². The SMILES string of the molecule is Fc1cccc2c(N3CCCN(Cc4cscn4)CC3)ncnc12. The molecule has 1 aliphatic rings. The van der Waals surface area contributed by atoms with E-state index in [0.717, 1.165) is 56.0 Å². The van der Waals surface area contributed by atoms with Crippen LogP contribution in [0.2, 0.25) is 0 Å². The van der Waals surface area contributed by atoms with Crippen LogP contribution in [0, 0.1) is 5.82 Å². The molecule has 2 aromatic heterocycles. The summed E-state index contributed by atoms with van der Waals surface area (Å²) in [7, 11) is 0. The van der Waals surface area contributed by atoms with E-state index in [0.29, 0.717) is 5.52 Å². The highest BCUT2D eigenvalue weighted by Crippen LogP contribution is 2.25. The minimum absolute atomic E-state index is 0.295. The van der Waals surface area contributed by atoms with E-state index in [4.69, 9.17) is 0 Å². The van der Waals surface area contributed by atoms with Gasteiger partial charge in [-0.15, -0.1) is 11.3 Å².